The molecule has 2 heterocycles. The van der Waals surface area contributed by atoms with Crippen LogP contribution in [0.15, 0.2) is 0 Å². The van der Waals surface area contributed by atoms with Crippen LogP contribution in [0.2, 0.25) is 0 Å². The Balaban J connectivity index is 1.61. The first kappa shape index (κ1) is 10.9. The first-order valence-electron chi connectivity index (χ1n) is 5.75. The van der Waals surface area contributed by atoms with Crippen LogP contribution in [-0.2, 0) is 14.3 Å². The fourth-order valence-corrected chi connectivity index (χ4v) is 2.54. The third-order valence-electron chi connectivity index (χ3n) is 3.17. The number of hydrogen-bond acceptors (Lipinski definition) is 4. The quantitative estimate of drug-likeness (QED) is 0.555. The number of fused-ring (bicyclic) bond motifs is 2. The van der Waals surface area contributed by atoms with Crippen LogP contribution < -0.4 is 5.32 Å². The molecule has 4 nitrogen and oxygen atoms in total. The lowest BCUT2D eigenvalue weighted by Gasteiger charge is -2.28. The molecule has 0 saturated carbocycles. The Hall–Kier alpha value is -0.610. The summed E-state index contributed by atoms with van der Waals surface area (Å²) in [6.45, 7) is 2.34. The van der Waals surface area contributed by atoms with Crippen molar-refractivity contribution in [3.8, 4) is 0 Å². The fraction of sp³-hybridized carbons (Fsp3) is 0.909. The molecule has 15 heavy (non-hydrogen) atoms. The summed E-state index contributed by atoms with van der Waals surface area (Å²) < 4.78 is 10.5. The maximum Gasteiger partial charge on any atom is 0.302 e. The summed E-state index contributed by atoms with van der Waals surface area (Å²) >= 11 is 0. The Bertz CT molecular complexity index is 220. The van der Waals surface area contributed by atoms with Crippen molar-refractivity contribution in [2.24, 2.45) is 0 Å². The van der Waals surface area contributed by atoms with Crippen LogP contribution in [0.5, 0.6) is 0 Å². The van der Waals surface area contributed by atoms with Crippen molar-refractivity contribution >= 4 is 5.97 Å². The summed E-state index contributed by atoms with van der Waals surface area (Å²) in [7, 11) is 0. The summed E-state index contributed by atoms with van der Waals surface area (Å²) in [5.41, 5.74) is 0. The molecule has 4 heteroatoms. The SMILES string of the molecule is CC(=O)OCCOC1CC2CCC(C1)N2. The van der Waals surface area contributed by atoms with E-state index >= 15 is 0 Å². The van der Waals surface area contributed by atoms with Crippen molar-refractivity contribution in [3.05, 3.63) is 0 Å². The normalized spacial score (nSPS) is 34.1. The zero-order valence-electron chi connectivity index (χ0n) is 9.20. The average molecular weight is 213 g/mol. The van der Waals surface area contributed by atoms with E-state index in [4.69, 9.17) is 9.47 Å². The van der Waals surface area contributed by atoms with Gasteiger partial charge in [0.15, 0.2) is 0 Å². The zero-order valence-corrected chi connectivity index (χ0v) is 9.20. The molecule has 0 aromatic heterocycles. The van der Waals surface area contributed by atoms with Crippen molar-refractivity contribution < 1.29 is 14.3 Å². The Morgan fingerprint density at radius 1 is 1.27 bits per heavy atom. The summed E-state index contributed by atoms with van der Waals surface area (Å²) in [6, 6.07) is 1.31. The van der Waals surface area contributed by atoms with Gasteiger partial charge in [-0.05, 0) is 25.7 Å². The van der Waals surface area contributed by atoms with E-state index in [2.05, 4.69) is 5.32 Å². The van der Waals surface area contributed by atoms with Crippen molar-refractivity contribution in [1.82, 2.24) is 5.32 Å². The molecule has 2 aliphatic rings. The lowest BCUT2D eigenvalue weighted by molar-refractivity contribution is -0.143. The van der Waals surface area contributed by atoms with Gasteiger partial charge in [-0.2, -0.15) is 0 Å². The number of carbonyl (C=O) groups excluding carboxylic acids is 1. The number of esters is 1. The van der Waals surface area contributed by atoms with Gasteiger partial charge in [0.2, 0.25) is 0 Å². The first-order valence-corrected chi connectivity index (χ1v) is 5.75. The van der Waals surface area contributed by atoms with Crippen LogP contribution in [0.25, 0.3) is 0 Å². The van der Waals surface area contributed by atoms with Gasteiger partial charge >= 0.3 is 5.97 Å². The van der Waals surface area contributed by atoms with Gasteiger partial charge in [0.25, 0.3) is 0 Å². The summed E-state index contributed by atoms with van der Waals surface area (Å²) in [5.74, 6) is -0.232. The lowest BCUT2D eigenvalue weighted by atomic mass is 10.0. The van der Waals surface area contributed by atoms with Gasteiger partial charge in [-0.3, -0.25) is 4.79 Å². The van der Waals surface area contributed by atoms with Crippen molar-refractivity contribution in [3.63, 3.8) is 0 Å². The van der Waals surface area contributed by atoms with Crippen LogP contribution >= 0.6 is 0 Å². The zero-order chi connectivity index (χ0) is 10.7. The summed E-state index contributed by atoms with van der Waals surface area (Å²) in [5, 5.41) is 3.56. The van der Waals surface area contributed by atoms with E-state index in [1.807, 2.05) is 0 Å². The molecule has 2 fully saturated rings. The van der Waals surface area contributed by atoms with Gasteiger partial charge in [0, 0.05) is 19.0 Å². The first-order chi connectivity index (χ1) is 7.24. The largest absolute Gasteiger partial charge is 0.463 e. The highest BCUT2D eigenvalue weighted by atomic mass is 16.6. The lowest BCUT2D eigenvalue weighted by Crippen LogP contribution is -2.41. The van der Waals surface area contributed by atoms with E-state index in [9.17, 15) is 4.79 Å². The third kappa shape index (κ3) is 3.18. The highest BCUT2D eigenvalue weighted by Gasteiger charge is 2.33. The minimum atomic E-state index is -0.232. The molecule has 2 saturated heterocycles. The van der Waals surface area contributed by atoms with Gasteiger partial charge in [-0.25, -0.2) is 0 Å². The van der Waals surface area contributed by atoms with E-state index < -0.39 is 0 Å². The molecule has 1 N–H and O–H groups in total. The topological polar surface area (TPSA) is 47.6 Å². The molecule has 2 aliphatic heterocycles. The van der Waals surface area contributed by atoms with Crippen LogP contribution in [0.3, 0.4) is 0 Å². The monoisotopic (exact) mass is 213 g/mol. The smallest absolute Gasteiger partial charge is 0.302 e. The van der Waals surface area contributed by atoms with Gasteiger partial charge in [-0.15, -0.1) is 0 Å². The molecule has 2 rings (SSSR count). The van der Waals surface area contributed by atoms with Crippen LogP contribution in [-0.4, -0.2) is 37.4 Å². The van der Waals surface area contributed by atoms with E-state index in [1.54, 1.807) is 0 Å². The maximum absolute atomic E-state index is 10.5. The van der Waals surface area contributed by atoms with Crippen LogP contribution in [0.4, 0.5) is 0 Å². The molecular weight excluding hydrogens is 194 g/mol. The predicted octanol–water partition coefficient (Wildman–Crippen LogP) is 0.849. The number of nitrogens with one attached hydrogen (secondary N) is 1. The molecule has 2 atom stereocenters. The molecule has 0 aromatic carbocycles. The molecule has 2 unspecified atom stereocenters. The molecule has 0 amide bonds. The molecule has 2 bridgehead atoms. The second-order valence-electron chi connectivity index (χ2n) is 4.44. The van der Waals surface area contributed by atoms with Gasteiger partial charge in [0.05, 0.1) is 12.7 Å². The van der Waals surface area contributed by atoms with Gasteiger partial charge in [-0.1, -0.05) is 0 Å². The molecule has 0 spiro atoms. The summed E-state index contributed by atoms with van der Waals surface area (Å²) in [6.07, 6.45) is 5.15. The van der Waals surface area contributed by atoms with Gasteiger partial charge in [0.1, 0.15) is 6.61 Å². The Morgan fingerprint density at radius 3 is 2.53 bits per heavy atom. The van der Waals surface area contributed by atoms with E-state index in [1.165, 1.54) is 19.8 Å². The highest BCUT2D eigenvalue weighted by molar-refractivity contribution is 5.65. The van der Waals surface area contributed by atoms with E-state index in [0.29, 0.717) is 31.4 Å². The predicted molar refractivity (Wildman–Crippen MR) is 55.6 cm³/mol. The number of carbonyl (C=O) groups is 1. The Labute approximate surface area is 90.3 Å². The van der Waals surface area contributed by atoms with E-state index in [-0.39, 0.29) is 5.97 Å². The second kappa shape index (κ2) is 4.94. The second-order valence-corrected chi connectivity index (χ2v) is 4.44. The van der Waals surface area contributed by atoms with Crippen molar-refractivity contribution in [2.45, 2.75) is 50.8 Å². The number of rotatable bonds is 4. The molecule has 86 valence electrons. The Morgan fingerprint density at radius 2 is 1.93 bits per heavy atom. The minimum Gasteiger partial charge on any atom is -0.463 e. The molecule has 0 aromatic rings. The standard InChI is InChI=1S/C11H19NO3/c1-8(13)14-4-5-15-11-6-9-2-3-10(7-11)12-9/h9-12H,2-7H2,1H3. The van der Waals surface area contributed by atoms with Crippen LogP contribution in [0, 0.1) is 0 Å². The number of piperidine rings is 1. The number of hydrogen-bond donors (Lipinski definition) is 1. The number of ether oxygens (including phenoxy) is 2. The molecule has 0 radical (unpaired) electrons. The van der Waals surface area contributed by atoms with Gasteiger partial charge < -0.3 is 14.8 Å². The Kier molecular flexibility index (Phi) is 3.59. The van der Waals surface area contributed by atoms with Crippen molar-refractivity contribution in [2.75, 3.05) is 13.2 Å². The van der Waals surface area contributed by atoms with E-state index in [0.717, 1.165) is 12.8 Å². The van der Waals surface area contributed by atoms with Crippen LogP contribution in [0.1, 0.15) is 32.6 Å². The minimum absolute atomic E-state index is 0.232. The van der Waals surface area contributed by atoms with Crippen molar-refractivity contribution in [1.29, 1.82) is 0 Å². The maximum atomic E-state index is 10.5. The molecular formula is C11H19NO3. The summed E-state index contributed by atoms with van der Waals surface area (Å²) in [4.78, 5) is 10.5. The fourth-order valence-electron chi connectivity index (χ4n) is 2.54. The highest BCUT2D eigenvalue weighted by Crippen LogP contribution is 2.28. The average Bonchev–Trinajstić information content (AvgIpc) is 2.53. The third-order valence-corrected chi connectivity index (χ3v) is 3.17. The molecule has 0 aliphatic carbocycles.